The first-order chi connectivity index (χ1) is 15.7. The average Bonchev–Trinajstić information content (AvgIpc) is 3.24. The van der Waals surface area contributed by atoms with Crippen molar-refractivity contribution in [1.29, 1.82) is 0 Å². The second-order valence-electron chi connectivity index (χ2n) is 11.6. The first kappa shape index (κ1) is 22.4. The summed E-state index contributed by atoms with van der Waals surface area (Å²) in [6.07, 6.45) is 3.41. The minimum atomic E-state index is -0.0191. The first-order valence-electron chi connectivity index (χ1n) is 12.7. The molecule has 2 atom stereocenters. The van der Waals surface area contributed by atoms with Crippen molar-refractivity contribution in [3.05, 3.63) is 106 Å². The summed E-state index contributed by atoms with van der Waals surface area (Å²) in [5, 5.41) is 0. The Morgan fingerprint density at radius 3 is 2.09 bits per heavy atom. The Hall–Kier alpha value is -2.38. The van der Waals surface area contributed by atoms with E-state index in [-0.39, 0.29) is 16.5 Å². The van der Waals surface area contributed by atoms with Crippen LogP contribution in [-0.4, -0.2) is 4.90 Å². The molecule has 33 heavy (non-hydrogen) atoms. The maximum atomic E-state index is 2.76. The molecule has 1 nitrogen and oxygen atoms in total. The molecule has 3 aromatic carbocycles. The normalized spacial score (nSPS) is 22.5. The summed E-state index contributed by atoms with van der Waals surface area (Å²) in [5.41, 5.74) is 9.28. The molecule has 0 amide bonds. The number of hydrogen-bond donors (Lipinski definition) is 0. The fourth-order valence-corrected chi connectivity index (χ4v) is 6.97. The van der Waals surface area contributed by atoms with Crippen LogP contribution >= 0.6 is 0 Å². The molecule has 1 heterocycles. The van der Waals surface area contributed by atoms with Gasteiger partial charge in [0.05, 0.1) is 0 Å². The van der Waals surface area contributed by atoms with Crippen LogP contribution in [0.2, 0.25) is 0 Å². The smallest absolute Gasteiger partial charge is 0.0444 e. The van der Waals surface area contributed by atoms with Gasteiger partial charge < -0.3 is 0 Å². The molecule has 0 N–H and O–H groups in total. The van der Waals surface area contributed by atoms with Gasteiger partial charge in [-0.25, -0.2) is 0 Å². The minimum absolute atomic E-state index is 0.0112. The van der Waals surface area contributed by atoms with Gasteiger partial charge in [0, 0.05) is 17.6 Å². The number of nitrogens with zero attached hydrogens (tertiary/aromatic N) is 1. The quantitative estimate of drug-likeness (QED) is 0.394. The predicted molar refractivity (Wildman–Crippen MR) is 139 cm³/mol. The second kappa shape index (κ2) is 7.84. The van der Waals surface area contributed by atoms with E-state index in [4.69, 9.17) is 0 Å². The fourth-order valence-electron chi connectivity index (χ4n) is 6.97. The molecule has 3 aromatic rings. The Bertz CT molecular complexity index is 1170. The van der Waals surface area contributed by atoms with Crippen molar-refractivity contribution in [2.24, 2.45) is 5.92 Å². The lowest BCUT2D eigenvalue weighted by atomic mass is 9.73. The van der Waals surface area contributed by atoms with E-state index in [9.17, 15) is 0 Å². The maximum absolute atomic E-state index is 2.76. The third kappa shape index (κ3) is 3.39. The fraction of sp³-hybridized carbons (Fsp3) is 0.438. The van der Waals surface area contributed by atoms with Crippen molar-refractivity contribution in [2.75, 3.05) is 0 Å². The summed E-state index contributed by atoms with van der Waals surface area (Å²) in [5.74, 6) is 0.626. The van der Waals surface area contributed by atoms with Gasteiger partial charge in [-0.3, -0.25) is 4.90 Å². The second-order valence-corrected chi connectivity index (χ2v) is 11.6. The predicted octanol–water partition coefficient (Wildman–Crippen LogP) is 7.76. The summed E-state index contributed by atoms with van der Waals surface area (Å²) >= 11 is 0. The van der Waals surface area contributed by atoms with Gasteiger partial charge >= 0.3 is 0 Å². The Morgan fingerprint density at radius 1 is 0.818 bits per heavy atom. The molecule has 1 aliphatic carbocycles. The van der Waals surface area contributed by atoms with Gasteiger partial charge in [0.1, 0.15) is 0 Å². The third-order valence-electron chi connectivity index (χ3n) is 9.23. The van der Waals surface area contributed by atoms with Crippen LogP contribution in [0.1, 0.15) is 81.3 Å². The summed E-state index contributed by atoms with van der Waals surface area (Å²) in [7, 11) is 0. The summed E-state index contributed by atoms with van der Waals surface area (Å²) < 4.78 is 0. The topological polar surface area (TPSA) is 3.24 Å². The van der Waals surface area contributed by atoms with Crippen molar-refractivity contribution in [3.63, 3.8) is 0 Å². The summed E-state index contributed by atoms with van der Waals surface area (Å²) in [4.78, 5) is 2.76. The van der Waals surface area contributed by atoms with Crippen LogP contribution in [-0.2, 0) is 35.9 Å². The van der Waals surface area contributed by atoms with Crippen molar-refractivity contribution < 1.29 is 0 Å². The zero-order valence-electron chi connectivity index (χ0n) is 21.3. The molecule has 0 spiro atoms. The van der Waals surface area contributed by atoms with Crippen LogP contribution in [0.5, 0.6) is 0 Å². The molecule has 0 fully saturated rings. The van der Waals surface area contributed by atoms with Gasteiger partial charge in [-0.15, -0.1) is 0 Å². The lowest BCUT2D eigenvalue weighted by Crippen LogP contribution is -2.49. The van der Waals surface area contributed by atoms with E-state index in [0.717, 1.165) is 19.4 Å². The number of fused-ring (bicyclic) bond motifs is 2. The molecule has 0 aromatic heterocycles. The highest BCUT2D eigenvalue weighted by Gasteiger charge is 2.47. The zero-order valence-corrected chi connectivity index (χ0v) is 21.3. The van der Waals surface area contributed by atoms with Gasteiger partial charge in [0.2, 0.25) is 0 Å². The highest BCUT2D eigenvalue weighted by atomic mass is 15.3. The molecule has 0 radical (unpaired) electrons. The van der Waals surface area contributed by atoms with Crippen LogP contribution in [0.3, 0.4) is 0 Å². The Kier molecular flexibility index (Phi) is 5.33. The van der Waals surface area contributed by atoms with E-state index in [1.165, 1.54) is 28.7 Å². The number of benzene rings is 3. The van der Waals surface area contributed by atoms with Gasteiger partial charge in [-0.05, 0) is 84.7 Å². The largest absolute Gasteiger partial charge is 0.280 e. The van der Waals surface area contributed by atoms with E-state index in [2.05, 4.69) is 119 Å². The lowest BCUT2D eigenvalue weighted by molar-refractivity contribution is 0.00510. The van der Waals surface area contributed by atoms with Gasteiger partial charge in [-0.2, -0.15) is 0 Å². The zero-order chi connectivity index (χ0) is 23.4. The van der Waals surface area contributed by atoms with E-state index in [0.29, 0.717) is 5.92 Å². The maximum Gasteiger partial charge on any atom is 0.0444 e. The molecule has 172 valence electrons. The summed E-state index contributed by atoms with van der Waals surface area (Å²) in [6, 6.07) is 27.4. The average molecular weight is 438 g/mol. The Balaban J connectivity index is 1.52. The first-order valence-corrected chi connectivity index (χ1v) is 12.7. The molecular weight excluding hydrogens is 398 g/mol. The standard InChI is InChI=1S/C32H39N/c1-7-32(6,33-22-25-16-10-12-18-28(25)31(33,4)5)29-19-13-9-15-24(29)21-26-20-23-14-8-11-17-27(23)30(26,2)3/h8-19,26H,7,20-22H2,1-6H3. The van der Waals surface area contributed by atoms with Crippen LogP contribution in [0.25, 0.3) is 0 Å². The van der Waals surface area contributed by atoms with Gasteiger partial charge in [0.25, 0.3) is 0 Å². The molecule has 5 rings (SSSR count). The van der Waals surface area contributed by atoms with Crippen molar-refractivity contribution in [3.8, 4) is 0 Å². The van der Waals surface area contributed by atoms with Crippen LogP contribution in [0, 0.1) is 5.92 Å². The van der Waals surface area contributed by atoms with Crippen LogP contribution < -0.4 is 0 Å². The molecule has 2 aliphatic rings. The molecule has 0 bridgehead atoms. The van der Waals surface area contributed by atoms with E-state index in [1.807, 2.05) is 0 Å². The number of rotatable bonds is 5. The molecule has 0 saturated carbocycles. The molecular formula is C32H39N. The van der Waals surface area contributed by atoms with E-state index in [1.54, 1.807) is 11.1 Å². The van der Waals surface area contributed by atoms with E-state index < -0.39 is 0 Å². The SMILES string of the molecule is CCC(C)(c1ccccc1CC1Cc2ccccc2C1(C)C)N1Cc2ccccc2C1(C)C. The summed E-state index contributed by atoms with van der Waals surface area (Å²) in [6.45, 7) is 15.6. The highest BCUT2D eigenvalue weighted by molar-refractivity contribution is 5.44. The van der Waals surface area contributed by atoms with Crippen LogP contribution in [0.4, 0.5) is 0 Å². The molecule has 1 heteroatoms. The van der Waals surface area contributed by atoms with Crippen LogP contribution in [0.15, 0.2) is 72.8 Å². The third-order valence-corrected chi connectivity index (χ3v) is 9.23. The van der Waals surface area contributed by atoms with Gasteiger partial charge in [0.15, 0.2) is 0 Å². The monoisotopic (exact) mass is 437 g/mol. The van der Waals surface area contributed by atoms with E-state index >= 15 is 0 Å². The number of hydrogen-bond acceptors (Lipinski definition) is 1. The van der Waals surface area contributed by atoms with Gasteiger partial charge in [-0.1, -0.05) is 93.6 Å². The molecule has 0 saturated heterocycles. The van der Waals surface area contributed by atoms with Crippen molar-refractivity contribution >= 4 is 0 Å². The molecule has 2 unspecified atom stereocenters. The Labute approximate surface area is 200 Å². The Morgan fingerprint density at radius 2 is 1.42 bits per heavy atom. The van der Waals surface area contributed by atoms with Crippen molar-refractivity contribution in [2.45, 2.75) is 83.8 Å². The lowest BCUT2D eigenvalue weighted by Gasteiger charge is -2.48. The molecule has 1 aliphatic heterocycles. The van der Waals surface area contributed by atoms with Crippen molar-refractivity contribution in [1.82, 2.24) is 4.90 Å². The minimum Gasteiger partial charge on any atom is -0.280 e. The highest BCUT2D eigenvalue weighted by Crippen LogP contribution is 2.50.